The smallest absolute Gasteiger partial charge is 0.180 e. The van der Waals surface area contributed by atoms with Crippen molar-refractivity contribution >= 4 is 16.5 Å². The van der Waals surface area contributed by atoms with Crippen LogP contribution in [0.15, 0.2) is 24.4 Å². The Morgan fingerprint density at radius 1 is 1.43 bits per heavy atom. The summed E-state index contributed by atoms with van der Waals surface area (Å²) in [7, 11) is 0. The Morgan fingerprint density at radius 3 is 2.79 bits per heavy atom. The van der Waals surface area contributed by atoms with Crippen LogP contribution in [-0.2, 0) is 0 Å². The number of aromatic nitrogens is 1. The molecule has 0 fully saturated rings. The lowest BCUT2D eigenvalue weighted by Crippen LogP contribution is -1.77. The zero-order valence-electron chi connectivity index (χ0n) is 7.69. The fraction of sp³-hybridized carbons (Fsp3) is 0.100. The van der Waals surface area contributed by atoms with Crippen molar-refractivity contribution in [1.82, 2.24) is 4.98 Å². The highest BCUT2D eigenvalue weighted by Gasteiger charge is 2.06. The first-order valence-electron chi connectivity index (χ1n) is 4.18. The molecule has 0 amide bonds. The molecule has 0 aliphatic carbocycles. The summed E-state index contributed by atoms with van der Waals surface area (Å²) in [6.45, 7) is 1.94. The molecule has 0 bridgehead atoms. The summed E-state index contributed by atoms with van der Waals surface area (Å²) >= 11 is 1.37. The van der Waals surface area contributed by atoms with Crippen molar-refractivity contribution < 1.29 is 5.11 Å². The van der Waals surface area contributed by atoms with Gasteiger partial charge < -0.3 is 10.8 Å². The normalized spacial score (nSPS) is 10.4. The van der Waals surface area contributed by atoms with E-state index in [-0.39, 0.29) is 5.75 Å². The Labute approximate surface area is 85.8 Å². The maximum Gasteiger partial charge on any atom is 0.180 e. The number of hydrogen-bond donors (Lipinski definition) is 2. The van der Waals surface area contributed by atoms with Crippen LogP contribution in [0.1, 0.15) is 5.56 Å². The average Bonchev–Trinajstić information content (AvgIpc) is 2.51. The molecule has 3 nitrogen and oxygen atoms in total. The molecule has 0 unspecified atom stereocenters. The van der Waals surface area contributed by atoms with Crippen molar-refractivity contribution in [1.29, 1.82) is 0 Å². The summed E-state index contributed by atoms with van der Waals surface area (Å²) in [5.41, 5.74) is 7.34. The number of phenols is 1. The van der Waals surface area contributed by atoms with Crippen LogP contribution < -0.4 is 5.73 Å². The molecule has 0 saturated carbocycles. The third-order valence-corrected chi connectivity index (χ3v) is 2.80. The van der Waals surface area contributed by atoms with Gasteiger partial charge in [-0.15, -0.1) is 0 Å². The van der Waals surface area contributed by atoms with Crippen molar-refractivity contribution in [3.8, 4) is 16.2 Å². The van der Waals surface area contributed by atoms with Crippen molar-refractivity contribution in [3.05, 3.63) is 30.0 Å². The minimum Gasteiger partial charge on any atom is -0.507 e. The van der Waals surface area contributed by atoms with Crippen molar-refractivity contribution in [2.45, 2.75) is 6.92 Å². The minimum absolute atomic E-state index is 0.272. The van der Waals surface area contributed by atoms with Crippen LogP contribution in [0.3, 0.4) is 0 Å². The molecule has 0 radical (unpaired) electrons. The third kappa shape index (κ3) is 1.56. The van der Waals surface area contributed by atoms with Crippen LogP contribution in [0.2, 0.25) is 0 Å². The topological polar surface area (TPSA) is 59.1 Å². The summed E-state index contributed by atoms with van der Waals surface area (Å²) in [5.74, 6) is 0.272. The lowest BCUT2D eigenvalue weighted by atomic mass is 10.1. The molecular weight excluding hydrogens is 196 g/mol. The monoisotopic (exact) mass is 206 g/mol. The number of aromatic hydroxyl groups is 1. The molecule has 14 heavy (non-hydrogen) atoms. The molecule has 1 aromatic carbocycles. The highest BCUT2D eigenvalue weighted by molar-refractivity contribution is 7.18. The first-order valence-corrected chi connectivity index (χ1v) is 5.00. The second-order valence-electron chi connectivity index (χ2n) is 3.08. The second-order valence-corrected chi connectivity index (χ2v) is 4.15. The van der Waals surface area contributed by atoms with Gasteiger partial charge in [0.2, 0.25) is 0 Å². The van der Waals surface area contributed by atoms with Crippen LogP contribution in [0, 0.1) is 6.92 Å². The van der Waals surface area contributed by atoms with Crippen LogP contribution in [0.25, 0.3) is 10.4 Å². The van der Waals surface area contributed by atoms with E-state index in [1.54, 1.807) is 12.3 Å². The molecule has 1 aromatic heterocycles. The van der Waals surface area contributed by atoms with Crippen molar-refractivity contribution in [2.75, 3.05) is 5.73 Å². The van der Waals surface area contributed by atoms with E-state index in [1.807, 2.05) is 19.1 Å². The lowest BCUT2D eigenvalue weighted by Gasteiger charge is -2.01. The zero-order chi connectivity index (χ0) is 10.1. The molecule has 0 atom stereocenters. The van der Waals surface area contributed by atoms with E-state index in [0.29, 0.717) is 5.13 Å². The first kappa shape index (κ1) is 9.02. The van der Waals surface area contributed by atoms with Crippen LogP contribution in [-0.4, -0.2) is 10.1 Å². The highest BCUT2D eigenvalue weighted by atomic mass is 32.1. The van der Waals surface area contributed by atoms with Gasteiger partial charge >= 0.3 is 0 Å². The Kier molecular flexibility index (Phi) is 2.13. The van der Waals surface area contributed by atoms with E-state index in [1.165, 1.54) is 11.3 Å². The summed E-state index contributed by atoms with van der Waals surface area (Å²) in [5, 5.41) is 10.2. The number of hydrogen-bond acceptors (Lipinski definition) is 4. The average molecular weight is 206 g/mol. The van der Waals surface area contributed by atoms with E-state index >= 15 is 0 Å². The molecule has 3 N–H and O–H groups in total. The second kappa shape index (κ2) is 3.31. The molecule has 2 rings (SSSR count). The van der Waals surface area contributed by atoms with Gasteiger partial charge in [-0.1, -0.05) is 17.4 Å². The van der Waals surface area contributed by atoms with Gasteiger partial charge in [0.1, 0.15) is 5.75 Å². The molecule has 0 aliphatic rings. The first-order chi connectivity index (χ1) is 6.66. The number of phenolic OH excluding ortho intramolecular Hbond substituents is 1. The number of rotatable bonds is 1. The quantitative estimate of drug-likeness (QED) is 0.753. The third-order valence-electron chi connectivity index (χ3n) is 1.94. The molecule has 0 spiro atoms. The minimum atomic E-state index is 0.272. The summed E-state index contributed by atoms with van der Waals surface area (Å²) in [6, 6.07) is 5.55. The van der Waals surface area contributed by atoms with E-state index < -0.39 is 0 Å². The van der Waals surface area contributed by atoms with Crippen LogP contribution in [0.4, 0.5) is 5.13 Å². The fourth-order valence-corrected chi connectivity index (χ4v) is 1.98. The Morgan fingerprint density at radius 2 is 2.21 bits per heavy atom. The maximum absolute atomic E-state index is 9.69. The molecule has 72 valence electrons. The van der Waals surface area contributed by atoms with Gasteiger partial charge in [0, 0.05) is 11.8 Å². The van der Waals surface area contributed by atoms with Crippen LogP contribution in [0.5, 0.6) is 5.75 Å². The number of benzene rings is 1. The predicted octanol–water partition coefficient (Wildman–Crippen LogP) is 2.41. The van der Waals surface area contributed by atoms with Crippen molar-refractivity contribution in [2.24, 2.45) is 0 Å². The molecule has 1 heterocycles. The van der Waals surface area contributed by atoms with Crippen LogP contribution >= 0.6 is 11.3 Å². The Balaban J connectivity index is 2.52. The van der Waals surface area contributed by atoms with Gasteiger partial charge in [-0.05, 0) is 24.6 Å². The number of anilines is 1. The summed E-state index contributed by atoms with van der Waals surface area (Å²) in [6.07, 6.45) is 1.67. The van der Waals surface area contributed by atoms with E-state index in [2.05, 4.69) is 4.98 Å². The standard InChI is InChI=1S/C10H10N2OS/c1-6-2-3-7(8(13)4-6)9-5-12-10(11)14-9/h2-5,13H,1H3,(H2,11,12). The molecular formula is C10H10N2OS. The van der Waals surface area contributed by atoms with Gasteiger partial charge in [-0.2, -0.15) is 0 Å². The fourth-order valence-electron chi connectivity index (χ4n) is 1.26. The summed E-state index contributed by atoms with van der Waals surface area (Å²) in [4.78, 5) is 4.83. The number of nitrogens with two attached hydrogens (primary N) is 1. The number of nitrogen functional groups attached to an aromatic ring is 1. The van der Waals surface area contributed by atoms with Gasteiger partial charge in [-0.3, -0.25) is 0 Å². The lowest BCUT2D eigenvalue weighted by molar-refractivity contribution is 0.477. The summed E-state index contributed by atoms with van der Waals surface area (Å²) < 4.78 is 0. The molecule has 2 aromatic rings. The number of thiazole rings is 1. The number of nitrogens with zero attached hydrogens (tertiary/aromatic N) is 1. The zero-order valence-corrected chi connectivity index (χ0v) is 8.51. The Bertz CT molecular complexity index is 465. The molecule has 4 heteroatoms. The largest absolute Gasteiger partial charge is 0.507 e. The molecule has 0 saturated heterocycles. The predicted molar refractivity (Wildman–Crippen MR) is 58.4 cm³/mol. The van der Waals surface area contributed by atoms with Gasteiger partial charge in [0.15, 0.2) is 5.13 Å². The SMILES string of the molecule is Cc1ccc(-c2cnc(N)s2)c(O)c1. The van der Waals surface area contributed by atoms with Gasteiger partial charge in [0.25, 0.3) is 0 Å². The van der Waals surface area contributed by atoms with Gasteiger partial charge in [0.05, 0.1) is 4.88 Å². The highest BCUT2D eigenvalue weighted by Crippen LogP contribution is 2.34. The Hall–Kier alpha value is -1.55. The van der Waals surface area contributed by atoms with E-state index in [9.17, 15) is 5.11 Å². The number of aryl methyl sites for hydroxylation is 1. The van der Waals surface area contributed by atoms with E-state index in [0.717, 1.165) is 16.0 Å². The molecule has 0 aliphatic heterocycles. The van der Waals surface area contributed by atoms with Gasteiger partial charge in [-0.25, -0.2) is 4.98 Å². The van der Waals surface area contributed by atoms with E-state index in [4.69, 9.17) is 5.73 Å². The van der Waals surface area contributed by atoms with Crippen molar-refractivity contribution in [3.63, 3.8) is 0 Å². The maximum atomic E-state index is 9.69.